The largest absolute Gasteiger partial charge is 0.375 e. The van der Waals surface area contributed by atoms with Crippen molar-refractivity contribution in [1.82, 2.24) is 14.8 Å². The Kier molecular flexibility index (Phi) is 3.56. The summed E-state index contributed by atoms with van der Waals surface area (Å²) in [7, 11) is 0. The van der Waals surface area contributed by atoms with Crippen molar-refractivity contribution in [3.05, 3.63) is 11.1 Å². The number of rotatable bonds is 3. The molecule has 4 nitrogen and oxygen atoms in total. The summed E-state index contributed by atoms with van der Waals surface area (Å²) >= 11 is 1.60. The Labute approximate surface area is 94.7 Å². The van der Waals surface area contributed by atoms with E-state index in [0.29, 0.717) is 5.13 Å². The highest BCUT2D eigenvalue weighted by Crippen LogP contribution is 2.17. The fourth-order valence-corrected chi connectivity index (χ4v) is 2.61. The van der Waals surface area contributed by atoms with E-state index in [9.17, 15) is 0 Å². The molecule has 0 unspecified atom stereocenters. The van der Waals surface area contributed by atoms with Crippen LogP contribution in [0.3, 0.4) is 0 Å². The monoisotopic (exact) mass is 226 g/mol. The van der Waals surface area contributed by atoms with Crippen LogP contribution in [0.25, 0.3) is 0 Å². The summed E-state index contributed by atoms with van der Waals surface area (Å²) in [6, 6.07) is 0. The van der Waals surface area contributed by atoms with E-state index in [1.165, 1.54) is 24.5 Å². The van der Waals surface area contributed by atoms with Crippen molar-refractivity contribution in [2.24, 2.45) is 0 Å². The van der Waals surface area contributed by atoms with Gasteiger partial charge in [0.15, 0.2) is 5.13 Å². The van der Waals surface area contributed by atoms with Gasteiger partial charge in [-0.1, -0.05) is 6.92 Å². The average Bonchev–Trinajstić information content (AvgIpc) is 2.65. The van der Waals surface area contributed by atoms with Gasteiger partial charge in [0, 0.05) is 43.8 Å². The predicted octanol–water partition coefficient (Wildman–Crippen LogP) is 0.863. The van der Waals surface area contributed by atoms with Crippen LogP contribution in [0.15, 0.2) is 6.20 Å². The fourth-order valence-electron chi connectivity index (χ4n) is 1.88. The van der Waals surface area contributed by atoms with Gasteiger partial charge >= 0.3 is 0 Å². The van der Waals surface area contributed by atoms with Gasteiger partial charge in [-0.05, 0) is 6.54 Å². The third kappa shape index (κ3) is 2.90. The molecule has 1 aromatic heterocycles. The topological polar surface area (TPSA) is 45.4 Å². The zero-order chi connectivity index (χ0) is 10.7. The standard InChI is InChI=1S/C10H18N4S/c1-2-13-3-5-14(6-4-13)8-9-7-12-10(11)15-9/h7H,2-6,8H2,1H3,(H2,11,12). The van der Waals surface area contributed by atoms with E-state index in [-0.39, 0.29) is 0 Å². The first-order chi connectivity index (χ1) is 7.28. The molecule has 1 fully saturated rings. The number of thiazole rings is 1. The summed E-state index contributed by atoms with van der Waals surface area (Å²) in [5, 5.41) is 0.678. The number of nitrogens with two attached hydrogens (primary N) is 1. The van der Waals surface area contributed by atoms with Gasteiger partial charge in [0.2, 0.25) is 0 Å². The molecule has 2 rings (SSSR count). The first kappa shape index (κ1) is 10.9. The molecule has 0 saturated carbocycles. The number of piperazine rings is 1. The molecule has 0 atom stereocenters. The Hall–Kier alpha value is -0.650. The Morgan fingerprint density at radius 3 is 2.53 bits per heavy atom. The molecule has 15 heavy (non-hydrogen) atoms. The van der Waals surface area contributed by atoms with Crippen molar-refractivity contribution in [1.29, 1.82) is 0 Å². The van der Waals surface area contributed by atoms with Gasteiger partial charge in [-0.25, -0.2) is 4.98 Å². The Morgan fingerprint density at radius 2 is 2.00 bits per heavy atom. The van der Waals surface area contributed by atoms with E-state index < -0.39 is 0 Å². The summed E-state index contributed by atoms with van der Waals surface area (Å²) < 4.78 is 0. The molecule has 2 N–H and O–H groups in total. The molecule has 2 heterocycles. The molecule has 0 aliphatic carbocycles. The number of anilines is 1. The molecular formula is C10H18N4S. The van der Waals surface area contributed by atoms with E-state index >= 15 is 0 Å². The van der Waals surface area contributed by atoms with Crippen LogP contribution in [0.2, 0.25) is 0 Å². The number of nitrogen functional groups attached to an aromatic ring is 1. The third-order valence-corrected chi connectivity index (χ3v) is 3.67. The van der Waals surface area contributed by atoms with Gasteiger partial charge < -0.3 is 10.6 Å². The van der Waals surface area contributed by atoms with Gasteiger partial charge in [0.1, 0.15) is 0 Å². The van der Waals surface area contributed by atoms with Crippen molar-refractivity contribution in [3.63, 3.8) is 0 Å². The third-order valence-electron chi connectivity index (χ3n) is 2.86. The van der Waals surface area contributed by atoms with E-state index in [4.69, 9.17) is 5.73 Å². The van der Waals surface area contributed by atoms with Crippen LogP contribution in [0.1, 0.15) is 11.8 Å². The molecule has 1 saturated heterocycles. The summed E-state index contributed by atoms with van der Waals surface area (Å²) in [4.78, 5) is 10.3. The fraction of sp³-hybridized carbons (Fsp3) is 0.700. The minimum absolute atomic E-state index is 0.678. The minimum atomic E-state index is 0.678. The van der Waals surface area contributed by atoms with Crippen molar-refractivity contribution in [2.75, 3.05) is 38.5 Å². The molecule has 0 spiro atoms. The predicted molar refractivity (Wildman–Crippen MR) is 63.9 cm³/mol. The van der Waals surface area contributed by atoms with Crippen LogP contribution in [0, 0.1) is 0 Å². The van der Waals surface area contributed by atoms with Crippen LogP contribution in [0.5, 0.6) is 0 Å². The summed E-state index contributed by atoms with van der Waals surface area (Å²) in [6.45, 7) is 9.08. The second-order valence-electron chi connectivity index (χ2n) is 3.88. The lowest BCUT2D eigenvalue weighted by molar-refractivity contribution is 0.133. The zero-order valence-electron chi connectivity index (χ0n) is 9.15. The van der Waals surface area contributed by atoms with Crippen molar-refractivity contribution in [3.8, 4) is 0 Å². The van der Waals surface area contributed by atoms with Crippen LogP contribution < -0.4 is 5.73 Å². The lowest BCUT2D eigenvalue weighted by Gasteiger charge is -2.33. The number of aromatic nitrogens is 1. The molecule has 0 bridgehead atoms. The van der Waals surface area contributed by atoms with Crippen LogP contribution in [0.4, 0.5) is 5.13 Å². The highest BCUT2D eigenvalue weighted by atomic mass is 32.1. The van der Waals surface area contributed by atoms with Crippen molar-refractivity contribution in [2.45, 2.75) is 13.5 Å². The highest BCUT2D eigenvalue weighted by molar-refractivity contribution is 7.15. The number of likely N-dealkylation sites (N-methyl/N-ethyl adjacent to an activating group) is 1. The van der Waals surface area contributed by atoms with Gasteiger partial charge in [-0.2, -0.15) is 0 Å². The molecule has 1 aliphatic heterocycles. The first-order valence-electron chi connectivity index (χ1n) is 5.43. The van der Waals surface area contributed by atoms with Gasteiger partial charge in [-0.3, -0.25) is 4.90 Å². The summed E-state index contributed by atoms with van der Waals surface area (Å²) in [6.07, 6.45) is 1.90. The Morgan fingerprint density at radius 1 is 1.33 bits per heavy atom. The molecule has 1 aromatic rings. The normalized spacial score (nSPS) is 19.5. The molecule has 84 valence electrons. The minimum Gasteiger partial charge on any atom is -0.375 e. The molecule has 1 aliphatic rings. The highest BCUT2D eigenvalue weighted by Gasteiger charge is 2.15. The maximum Gasteiger partial charge on any atom is 0.180 e. The lowest BCUT2D eigenvalue weighted by Crippen LogP contribution is -2.45. The quantitative estimate of drug-likeness (QED) is 0.830. The van der Waals surface area contributed by atoms with Crippen LogP contribution >= 0.6 is 11.3 Å². The summed E-state index contributed by atoms with van der Waals surface area (Å²) in [5.74, 6) is 0. The van der Waals surface area contributed by atoms with E-state index in [1.54, 1.807) is 11.3 Å². The number of hydrogen-bond donors (Lipinski definition) is 1. The van der Waals surface area contributed by atoms with E-state index in [1.807, 2.05) is 6.20 Å². The van der Waals surface area contributed by atoms with Crippen molar-refractivity contribution >= 4 is 16.5 Å². The Bertz CT molecular complexity index is 304. The van der Waals surface area contributed by atoms with Gasteiger partial charge in [0.25, 0.3) is 0 Å². The Balaban J connectivity index is 1.82. The zero-order valence-corrected chi connectivity index (χ0v) is 9.96. The molecular weight excluding hydrogens is 208 g/mol. The first-order valence-corrected chi connectivity index (χ1v) is 6.24. The SMILES string of the molecule is CCN1CCN(Cc2cnc(N)s2)CC1. The smallest absolute Gasteiger partial charge is 0.180 e. The van der Waals surface area contributed by atoms with E-state index in [0.717, 1.165) is 19.6 Å². The molecule has 0 radical (unpaired) electrons. The molecule has 0 amide bonds. The van der Waals surface area contributed by atoms with Crippen LogP contribution in [-0.4, -0.2) is 47.5 Å². The van der Waals surface area contributed by atoms with Gasteiger partial charge in [-0.15, -0.1) is 11.3 Å². The van der Waals surface area contributed by atoms with E-state index in [2.05, 4.69) is 21.7 Å². The molecule has 0 aromatic carbocycles. The maximum absolute atomic E-state index is 5.61. The molecule has 5 heteroatoms. The second kappa shape index (κ2) is 4.92. The summed E-state index contributed by atoms with van der Waals surface area (Å²) in [5.41, 5.74) is 5.61. The number of hydrogen-bond acceptors (Lipinski definition) is 5. The maximum atomic E-state index is 5.61. The van der Waals surface area contributed by atoms with Crippen LogP contribution in [-0.2, 0) is 6.54 Å². The average molecular weight is 226 g/mol. The lowest BCUT2D eigenvalue weighted by atomic mass is 10.3. The van der Waals surface area contributed by atoms with Gasteiger partial charge in [0.05, 0.1) is 0 Å². The number of nitrogens with zero attached hydrogens (tertiary/aromatic N) is 3. The second-order valence-corrected chi connectivity index (χ2v) is 5.02. The van der Waals surface area contributed by atoms with Crippen molar-refractivity contribution < 1.29 is 0 Å².